The fourth-order valence-corrected chi connectivity index (χ4v) is 2.81. The highest BCUT2D eigenvalue weighted by molar-refractivity contribution is 6.30. The van der Waals surface area contributed by atoms with E-state index in [0.29, 0.717) is 28.5 Å². The minimum Gasteiger partial charge on any atom is -0.484 e. The lowest BCUT2D eigenvalue weighted by Gasteiger charge is -2.29. The molecule has 3 nitrogen and oxygen atoms in total. The van der Waals surface area contributed by atoms with Crippen LogP contribution in [0.5, 0.6) is 11.5 Å². The van der Waals surface area contributed by atoms with Gasteiger partial charge in [0.15, 0.2) is 11.5 Å². The Balaban J connectivity index is 1.84. The van der Waals surface area contributed by atoms with Gasteiger partial charge in [0.2, 0.25) is 0 Å². The predicted molar refractivity (Wildman–Crippen MR) is 93.8 cm³/mol. The van der Waals surface area contributed by atoms with E-state index in [2.05, 4.69) is 5.32 Å². The third kappa shape index (κ3) is 4.43. The molecule has 3 rings (SSSR count). The van der Waals surface area contributed by atoms with Crippen molar-refractivity contribution < 1.29 is 22.6 Å². The summed E-state index contributed by atoms with van der Waals surface area (Å²) in [7, 11) is 0. The van der Waals surface area contributed by atoms with Crippen LogP contribution in [0, 0.1) is 0 Å². The maximum Gasteiger partial charge on any atom is 0.416 e. The molecule has 140 valence electrons. The maximum absolute atomic E-state index is 13.0. The Kier molecular flexibility index (Phi) is 5.63. The number of halogens is 4. The summed E-state index contributed by atoms with van der Waals surface area (Å²) in [5.41, 5.74) is -0.223. The van der Waals surface area contributed by atoms with Gasteiger partial charge in [-0.1, -0.05) is 30.7 Å². The third-order valence-corrected chi connectivity index (χ3v) is 4.40. The molecule has 1 heterocycles. The molecule has 1 saturated heterocycles. The summed E-state index contributed by atoms with van der Waals surface area (Å²) < 4.78 is 50.8. The molecule has 0 amide bonds. The van der Waals surface area contributed by atoms with E-state index in [1.54, 1.807) is 24.3 Å². The molecule has 0 aromatic heterocycles. The predicted octanol–water partition coefficient (Wildman–Crippen LogP) is 5.24. The summed E-state index contributed by atoms with van der Waals surface area (Å²) >= 11 is 6.04. The standard InChI is InChI=1S/C19H19ClF3NO2/c1-2-16(12-4-3-5-13(8-12)19(21,22)23)26-17-7-6-14(20)9-18(17)25-15-10-24-11-15/h3-9,15-16,24H,2,10-11H2,1H3. The van der Waals surface area contributed by atoms with E-state index >= 15 is 0 Å². The average Bonchev–Trinajstić information content (AvgIpc) is 2.57. The maximum atomic E-state index is 13.0. The second-order valence-corrected chi connectivity index (χ2v) is 6.56. The van der Waals surface area contributed by atoms with Gasteiger partial charge in [0.1, 0.15) is 12.2 Å². The Morgan fingerprint density at radius 3 is 2.54 bits per heavy atom. The zero-order chi connectivity index (χ0) is 18.7. The normalized spacial score (nSPS) is 16.0. The van der Waals surface area contributed by atoms with E-state index in [1.807, 2.05) is 6.92 Å². The van der Waals surface area contributed by atoms with Crippen LogP contribution >= 0.6 is 11.6 Å². The molecule has 0 spiro atoms. The van der Waals surface area contributed by atoms with Crippen LogP contribution in [0.4, 0.5) is 13.2 Å². The smallest absolute Gasteiger partial charge is 0.416 e. The number of hydrogen-bond donors (Lipinski definition) is 1. The van der Waals surface area contributed by atoms with E-state index in [-0.39, 0.29) is 6.10 Å². The van der Waals surface area contributed by atoms with Crippen molar-refractivity contribution in [3.8, 4) is 11.5 Å². The first kappa shape index (κ1) is 18.9. The fraction of sp³-hybridized carbons (Fsp3) is 0.368. The Morgan fingerprint density at radius 2 is 1.92 bits per heavy atom. The first-order chi connectivity index (χ1) is 12.4. The molecule has 0 saturated carbocycles. The summed E-state index contributed by atoms with van der Waals surface area (Å²) in [4.78, 5) is 0. The largest absolute Gasteiger partial charge is 0.484 e. The second-order valence-electron chi connectivity index (χ2n) is 6.13. The van der Waals surface area contributed by atoms with Crippen molar-refractivity contribution in [2.45, 2.75) is 31.7 Å². The molecule has 1 aliphatic rings. The van der Waals surface area contributed by atoms with Crippen LogP contribution in [-0.4, -0.2) is 19.2 Å². The lowest BCUT2D eigenvalue weighted by atomic mass is 10.0. The molecule has 1 atom stereocenters. The van der Waals surface area contributed by atoms with Gasteiger partial charge >= 0.3 is 6.18 Å². The third-order valence-electron chi connectivity index (χ3n) is 4.17. The Labute approximate surface area is 155 Å². The van der Waals surface area contributed by atoms with Gasteiger partial charge in [-0.15, -0.1) is 0 Å². The van der Waals surface area contributed by atoms with Crippen LogP contribution in [0.25, 0.3) is 0 Å². The quantitative estimate of drug-likeness (QED) is 0.737. The number of nitrogens with one attached hydrogen (secondary N) is 1. The van der Waals surface area contributed by atoms with Crippen LogP contribution in [0.2, 0.25) is 5.02 Å². The molecule has 0 radical (unpaired) electrons. The Bertz CT molecular complexity index is 763. The van der Waals surface area contributed by atoms with Gasteiger partial charge in [-0.2, -0.15) is 13.2 Å². The van der Waals surface area contributed by atoms with Gasteiger partial charge in [0.25, 0.3) is 0 Å². The number of alkyl halides is 3. The van der Waals surface area contributed by atoms with Gasteiger partial charge in [-0.3, -0.25) is 0 Å². The molecule has 0 aliphatic carbocycles. The van der Waals surface area contributed by atoms with Crippen molar-refractivity contribution in [1.82, 2.24) is 5.32 Å². The summed E-state index contributed by atoms with van der Waals surface area (Å²) in [6, 6.07) is 10.2. The topological polar surface area (TPSA) is 30.5 Å². The van der Waals surface area contributed by atoms with Gasteiger partial charge in [0.05, 0.1) is 5.56 Å². The highest BCUT2D eigenvalue weighted by atomic mass is 35.5. The highest BCUT2D eigenvalue weighted by Crippen LogP contribution is 2.37. The minimum absolute atomic E-state index is 0.0319. The van der Waals surface area contributed by atoms with E-state index in [1.165, 1.54) is 6.07 Å². The molecule has 2 aromatic carbocycles. The van der Waals surface area contributed by atoms with E-state index in [0.717, 1.165) is 25.2 Å². The van der Waals surface area contributed by atoms with Crippen LogP contribution in [-0.2, 0) is 6.18 Å². The summed E-state index contributed by atoms with van der Waals surface area (Å²) in [5, 5.41) is 3.61. The number of benzene rings is 2. The van der Waals surface area contributed by atoms with Crippen molar-refractivity contribution >= 4 is 11.6 Å². The lowest BCUT2D eigenvalue weighted by molar-refractivity contribution is -0.137. The molecule has 1 N–H and O–H groups in total. The van der Waals surface area contributed by atoms with Crippen LogP contribution in [0.1, 0.15) is 30.6 Å². The first-order valence-electron chi connectivity index (χ1n) is 8.37. The molecule has 1 aliphatic heterocycles. The Morgan fingerprint density at radius 1 is 1.15 bits per heavy atom. The zero-order valence-corrected chi connectivity index (χ0v) is 14.9. The first-order valence-corrected chi connectivity index (χ1v) is 8.75. The van der Waals surface area contributed by atoms with Crippen molar-refractivity contribution in [3.63, 3.8) is 0 Å². The van der Waals surface area contributed by atoms with Crippen molar-refractivity contribution in [2.24, 2.45) is 0 Å². The zero-order valence-electron chi connectivity index (χ0n) is 14.1. The van der Waals surface area contributed by atoms with Crippen molar-refractivity contribution in [3.05, 3.63) is 58.6 Å². The second kappa shape index (κ2) is 7.76. The minimum atomic E-state index is -4.39. The molecule has 7 heteroatoms. The van der Waals surface area contributed by atoms with Gasteiger partial charge in [-0.05, 0) is 36.2 Å². The van der Waals surface area contributed by atoms with Crippen LogP contribution in [0.3, 0.4) is 0 Å². The van der Waals surface area contributed by atoms with Gasteiger partial charge < -0.3 is 14.8 Å². The summed E-state index contributed by atoms with van der Waals surface area (Å²) in [6.45, 7) is 3.32. The van der Waals surface area contributed by atoms with E-state index < -0.39 is 17.8 Å². The van der Waals surface area contributed by atoms with Crippen LogP contribution < -0.4 is 14.8 Å². The molecule has 2 aromatic rings. The molecular weight excluding hydrogens is 367 g/mol. The number of hydrogen-bond acceptors (Lipinski definition) is 3. The van der Waals surface area contributed by atoms with E-state index in [4.69, 9.17) is 21.1 Å². The monoisotopic (exact) mass is 385 g/mol. The Hall–Kier alpha value is -1.92. The molecule has 1 fully saturated rings. The summed E-state index contributed by atoms with van der Waals surface area (Å²) in [5.74, 6) is 0.958. The van der Waals surface area contributed by atoms with Crippen molar-refractivity contribution in [2.75, 3.05) is 13.1 Å². The number of ether oxygens (including phenoxy) is 2. The SMILES string of the molecule is CCC(Oc1ccc(Cl)cc1OC1CNC1)c1cccc(C(F)(F)F)c1. The van der Waals surface area contributed by atoms with Gasteiger partial charge in [-0.25, -0.2) is 0 Å². The molecule has 1 unspecified atom stereocenters. The van der Waals surface area contributed by atoms with Crippen molar-refractivity contribution in [1.29, 1.82) is 0 Å². The highest BCUT2D eigenvalue weighted by Gasteiger charge is 2.31. The average molecular weight is 386 g/mol. The fourth-order valence-electron chi connectivity index (χ4n) is 2.65. The molecular formula is C19H19ClF3NO2. The lowest BCUT2D eigenvalue weighted by Crippen LogP contribution is -2.50. The summed E-state index contributed by atoms with van der Waals surface area (Å²) in [6.07, 6.45) is -4.38. The van der Waals surface area contributed by atoms with E-state index in [9.17, 15) is 13.2 Å². The molecule has 26 heavy (non-hydrogen) atoms. The van der Waals surface area contributed by atoms with Crippen LogP contribution in [0.15, 0.2) is 42.5 Å². The number of rotatable bonds is 6. The molecule has 0 bridgehead atoms. The van der Waals surface area contributed by atoms with Gasteiger partial charge in [0, 0.05) is 24.2 Å².